The van der Waals surface area contributed by atoms with E-state index < -0.39 is 0 Å². The van der Waals surface area contributed by atoms with Crippen LogP contribution in [-0.4, -0.2) is 23.2 Å². The number of carbonyl (C=O) groups excluding carboxylic acids is 1. The molecule has 1 rings (SSSR count). The zero-order valence-corrected chi connectivity index (χ0v) is 9.04. The maximum Gasteiger partial charge on any atom is 0.232 e. The molecule has 1 aromatic rings. The van der Waals surface area contributed by atoms with Crippen LogP contribution >= 0.6 is 23.1 Å². The minimum Gasteiger partial charge on any atom is -0.375 e. The van der Waals surface area contributed by atoms with Gasteiger partial charge in [-0.05, 0) is 6.92 Å². The zero-order chi connectivity index (χ0) is 9.84. The van der Waals surface area contributed by atoms with E-state index in [4.69, 9.17) is 5.73 Å². The number of anilines is 1. The Morgan fingerprint density at radius 3 is 3.00 bits per heavy atom. The van der Waals surface area contributed by atoms with Gasteiger partial charge in [-0.25, -0.2) is 4.98 Å². The highest BCUT2D eigenvalue weighted by atomic mass is 32.2. The van der Waals surface area contributed by atoms with E-state index in [1.54, 1.807) is 13.2 Å². The van der Waals surface area contributed by atoms with Gasteiger partial charge in [-0.1, -0.05) is 11.3 Å². The van der Waals surface area contributed by atoms with Crippen LogP contribution in [0.3, 0.4) is 0 Å². The van der Waals surface area contributed by atoms with Gasteiger partial charge in [0.2, 0.25) is 5.91 Å². The van der Waals surface area contributed by atoms with E-state index in [-0.39, 0.29) is 11.2 Å². The molecule has 0 fully saturated rings. The molecule has 0 aliphatic heterocycles. The lowest BCUT2D eigenvalue weighted by Gasteiger charge is -2.06. The normalized spacial score (nSPS) is 12.5. The molecule has 1 aromatic heterocycles. The number of hydrogen-bond donors (Lipinski definition) is 2. The Labute approximate surface area is 84.9 Å². The zero-order valence-electron chi connectivity index (χ0n) is 7.40. The molecule has 0 spiro atoms. The molecule has 0 saturated carbocycles. The van der Waals surface area contributed by atoms with Gasteiger partial charge in [-0.3, -0.25) is 4.79 Å². The van der Waals surface area contributed by atoms with Crippen LogP contribution < -0.4 is 11.1 Å². The van der Waals surface area contributed by atoms with Crippen LogP contribution in [0, 0.1) is 0 Å². The Bertz CT molecular complexity index is 300. The van der Waals surface area contributed by atoms with Gasteiger partial charge in [-0.2, -0.15) is 0 Å². The van der Waals surface area contributed by atoms with Crippen LogP contribution in [-0.2, 0) is 4.79 Å². The third kappa shape index (κ3) is 2.89. The highest BCUT2D eigenvalue weighted by Crippen LogP contribution is 2.29. The molecule has 1 unspecified atom stereocenters. The largest absolute Gasteiger partial charge is 0.375 e. The van der Waals surface area contributed by atoms with Gasteiger partial charge in [0.25, 0.3) is 0 Å². The van der Waals surface area contributed by atoms with Gasteiger partial charge < -0.3 is 11.1 Å². The van der Waals surface area contributed by atoms with Gasteiger partial charge in [0.1, 0.15) is 0 Å². The predicted molar refractivity (Wildman–Crippen MR) is 55.9 cm³/mol. The Hall–Kier alpha value is -0.750. The first-order valence-electron chi connectivity index (χ1n) is 3.73. The van der Waals surface area contributed by atoms with Crippen molar-refractivity contribution in [3.05, 3.63) is 6.20 Å². The number of nitrogens with zero attached hydrogens (tertiary/aromatic N) is 1. The van der Waals surface area contributed by atoms with Crippen LogP contribution in [0.25, 0.3) is 0 Å². The number of nitrogens with two attached hydrogens (primary N) is 1. The molecule has 6 heteroatoms. The van der Waals surface area contributed by atoms with Crippen molar-refractivity contribution in [1.29, 1.82) is 0 Å². The average molecular weight is 217 g/mol. The molecule has 4 nitrogen and oxygen atoms in total. The summed E-state index contributed by atoms with van der Waals surface area (Å²) >= 11 is 2.85. The smallest absolute Gasteiger partial charge is 0.232 e. The van der Waals surface area contributed by atoms with E-state index in [1.807, 2.05) is 6.92 Å². The lowest BCUT2D eigenvalue weighted by atomic mass is 10.4. The van der Waals surface area contributed by atoms with Gasteiger partial charge in [0, 0.05) is 7.05 Å². The highest BCUT2D eigenvalue weighted by molar-refractivity contribution is 8.02. The van der Waals surface area contributed by atoms with Gasteiger partial charge in [0.05, 0.1) is 15.7 Å². The van der Waals surface area contributed by atoms with Crippen LogP contribution in [0.15, 0.2) is 10.4 Å². The van der Waals surface area contributed by atoms with Gasteiger partial charge in [-0.15, -0.1) is 11.8 Å². The predicted octanol–water partition coefficient (Wildman–Crippen LogP) is 0.952. The van der Waals surface area contributed by atoms with E-state index in [0.717, 1.165) is 4.21 Å². The summed E-state index contributed by atoms with van der Waals surface area (Å²) in [6.07, 6.45) is 1.68. The Morgan fingerprint density at radius 2 is 2.54 bits per heavy atom. The summed E-state index contributed by atoms with van der Waals surface area (Å²) in [4.78, 5) is 15.0. The molecular weight excluding hydrogens is 206 g/mol. The first kappa shape index (κ1) is 10.3. The van der Waals surface area contributed by atoms with Crippen molar-refractivity contribution in [1.82, 2.24) is 10.3 Å². The minimum atomic E-state index is -0.107. The highest BCUT2D eigenvalue weighted by Gasteiger charge is 2.13. The second-order valence-corrected chi connectivity index (χ2v) is 5.10. The quantitative estimate of drug-likeness (QED) is 0.740. The van der Waals surface area contributed by atoms with Crippen molar-refractivity contribution in [3.63, 3.8) is 0 Å². The van der Waals surface area contributed by atoms with Crippen molar-refractivity contribution in [2.45, 2.75) is 16.4 Å². The van der Waals surface area contributed by atoms with Crippen molar-refractivity contribution < 1.29 is 4.79 Å². The number of hydrogen-bond acceptors (Lipinski definition) is 5. The monoisotopic (exact) mass is 217 g/mol. The van der Waals surface area contributed by atoms with E-state index in [9.17, 15) is 4.79 Å². The lowest BCUT2D eigenvalue weighted by Crippen LogP contribution is -2.26. The molecule has 3 N–H and O–H groups in total. The van der Waals surface area contributed by atoms with E-state index >= 15 is 0 Å². The molecule has 0 bridgehead atoms. The van der Waals surface area contributed by atoms with Gasteiger partial charge >= 0.3 is 0 Å². The molecule has 13 heavy (non-hydrogen) atoms. The van der Waals surface area contributed by atoms with Crippen LogP contribution in [0.1, 0.15) is 6.92 Å². The maximum absolute atomic E-state index is 11.1. The van der Waals surface area contributed by atoms with Crippen LogP contribution in [0.5, 0.6) is 0 Å². The fraction of sp³-hybridized carbons (Fsp3) is 0.429. The first-order chi connectivity index (χ1) is 6.13. The Kier molecular flexibility index (Phi) is 3.56. The molecule has 1 amide bonds. The number of thioether (sulfide) groups is 1. The molecule has 0 aliphatic rings. The number of aromatic nitrogens is 1. The number of amides is 1. The van der Waals surface area contributed by atoms with E-state index in [0.29, 0.717) is 5.13 Å². The summed E-state index contributed by atoms with van der Waals surface area (Å²) in [7, 11) is 1.63. The first-order valence-corrected chi connectivity index (χ1v) is 5.42. The molecule has 0 aromatic carbocycles. The summed E-state index contributed by atoms with van der Waals surface area (Å²) in [5, 5.41) is 3.01. The third-order valence-corrected chi connectivity index (χ3v) is 3.48. The molecule has 72 valence electrons. The van der Waals surface area contributed by atoms with Crippen molar-refractivity contribution in [2.24, 2.45) is 0 Å². The van der Waals surface area contributed by atoms with Crippen molar-refractivity contribution >= 4 is 34.1 Å². The fourth-order valence-corrected chi connectivity index (χ4v) is 2.74. The summed E-state index contributed by atoms with van der Waals surface area (Å²) < 4.78 is 0.966. The number of thiazole rings is 1. The number of carbonyl (C=O) groups is 1. The average Bonchev–Trinajstić information content (AvgIpc) is 2.49. The second kappa shape index (κ2) is 4.48. The van der Waals surface area contributed by atoms with E-state index in [2.05, 4.69) is 10.3 Å². The van der Waals surface area contributed by atoms with Gasteiger partial charge in [0.15, 0.2) is 5.13 Å². The Balaban J connectivity index is 2.54. The standard InChI is InChI=1S/C7H11N3OS2/c1-4(6(11)9-2)12-5-3-10-7(8)13-5/h3-4H,1-2H3,(H2,8,10)(H,9,11). The molecule has 0 saturated heterocycles. The molecular formula is C7H11N3OS2. The van der Waals surface area contributed by atoms with Crippen molar-refractivity contribution in [2.75, 3.05) is 12.8 Å². The lowest BCUT2D eigenvalue weighted by molar-refractivity contribution is -0.119. The van der Waals surface area contributed by atoms with Crippen LogP contribution in [0.2, 0.25) is 0 Å². The number of nitrogen functional groups attached to an aromatic ring is 1. The topological polar surface area (TPSA) is 68.0 Å². The molecule has 0 radical (unpaired) electrons. The van der Waals surface area contributed by atoms with Crippen LogP contribution in [0.4, 0.5) is 5.13 Å². The molecule has 0 aliphatic carbocycles. The molecule has 1 atom stereocenters. The SMILES string of the molecule is CNC(=O)C(C)Sc1cnc(N)s1. The number of rotatable bonds is 3. The third-order valence-electron chi connectivity index (χ3n) is 1.41. The number of nitrogens with one attached hydrogen (secondary N) is 1. The van der Waals surface area contributed by atoms with E-state index in [1.165, 1.54) is 23.1 Å². The summed E-state index contributed by atoms with van der Waals surface area (Å²) in [6.45, 7) is 1.85. The van der Waals surface area contributed by atoms with Crippen molar-refractivity contribution in [3.8, 4) is 0 Å². The summed E-state index contributed by atoms with van der Waals surface area (Å²) in [6, 6.07) is 0. The minimum absolute atomic E-state index is 0.0111. The Morgan fingerprint density at radius 1 is 1.85 bits per heavy atom. The molecule has 1 heterocycles. The summed E-state index contributed by atoms with van der Waals surface area (Å²) in [5.74, 6) is 0.0111. The fourth-order valence-electron chi connectivity index (χ4n) is 0.758. The second-order valence-electron chi connectivity index (χ2n) is 2.39. The maximum atomic E-state index is 11.1. The summed E-state index contributed by atoms with van der Waals surface area (Å²) in [5.41, 5.74) is 5.46.